The number of rotatable bonds is 7. The van der Waals surface area contributed by atoms with Crippen LogP contribution in [0.25, 0.3) is 10.9 Å². The third-order valence-corrected chi connectivity index (χ3v) is 5.54. The Labute approximate surface area is 165 Å². The highest BCUT2D eigenvalue weighted by molar-refractivity contribution is 5.86. The van der Waals surface area contributed by atoms with Crippen LogP contribution in [0.2, 0.25) is 0 Å². The molecule has 0 aliphatic carbocycles. The van der Waals surface area contributed by atoms with Gasteiger partial charge >= 0.3 is 0 Å². The van der Waals surface area contributed by atoms with Crippen molar-refractivity contribution < 1.29 is 9.90 Å². The minimum Gasteiger partial charge on any atom is -0.379 e. The molecule has 0 bridgehead atoms. The second-order valence-corrected chi connectivity index (χ2v) is 7.65. The van der Waals surface area contributed by atoms with Gasteiger partial charge in [0, 0.05) is 37.4 Å². The Kier molecular flexibility index (Phi) is 5.46. The van der Waals surface area contributed by atoms with Gasteiger partial charge < -0.3 is 20.3 Å². The topological polar surface area (TPSA) is 68.4 Å². The van der Waals surface area contributed by atoms with Crippen LogP contribution in [-0.2, 0) is 17.8 Å². The Hall–Kier alpha value is -2.63. The maximum atomic E-state index is 12.9. The Morgan fingerprint density at radius 3 is 2.71 bits per heavy atom. The number of aromatic amines is 1. The lowest BCUT2D eigenvalue weighted by Gasteiger charge is -2.38. The molecular formula is C23H27N3O2. The van der Waals surface area contributed by atoms with Crippen LogP contribution in [0.15, 0.2) is 60.7 Å². The molecule has 5 heteroatoms. The van der Waals surface area contributed by atoms with Crippen molar-refractivity contribution in [1.82, 2.24) is 15.2 Å². The van der Waals surface area contributed by atoms with Crippen molar-refractivity contribution in [1.29, 1.82) is 0 Å². The monoisotopic (exact) mass is 377 g/mol. The van der Waals surface area contributed by atoms with E-state index in [4.69, 9.17) is 0 Å². The SMILES string of the molecule is O=C1N(CCc2ccccc2)CCC[C@]1(O)CNCc1cc2ccccc2[nH]1. The van der Waals surface area contributed by atoms with Gasteiger partial charge in [-0.25, -0.2) is 0 Å². The summed E-state index contributed by atoms with van der Waals surface area (Å²) < 4.78 is 0. The summed E-state index contributed by atoms with van der Waals surface area (Å²) in [6, 6.07) is 20.4. The molecule has 0 radical (unpaired) electrons. The molecule has 1 amide bonds. The first-order valence-electron chi connectivity index (χ1n) is 9.97. The van der Waals surface area contributed by atoms with Gasteiger partial charge in [-0.2, -0.15) is 0 Å². The lowest BCUT2D eigenvalue weighted by atomic mass is 9.91. The molecule has 1 aromatic heterocycles. The highest BCUT2D eigenvalue weighted by atomic mass is 16.3. The molecule has 0 spiro atoms. The Bertz CT molecular complexity index is 904. The van der Waals surface area contributed by atoms with Crippen molar-refractivity contribution in [2.45, 2.75) is 31.4 Å². The fourth-order valence-corrected chi connectivity index (χ4v) is 3.98. The number of nitrogens with zero attached hydrogens (tertiary/aromatic N) is 1. The quantitative estimate of drug-likeness (QED) is 0.593. The van der Waals surface area contributed by atoms with E-state index in [0.29, 0.717) is 19.5 Å². The second kappa shape index (κ2) is 8.17. The average molecular weight is 377 g/mol. The van der Waals surface area contributed by atoms with E-state index in [1.165, 1.54) is 10.9 Å². The van der Waals surface area contributed by atoms with Crippen LogP contribution in [0.3, 0.4) is 0 Å². The molecule has 2 aromatic carbocycles. The number of carbonyl (C=O) groups is 1. The van der Waals surface area contributed by atoms with Crippen LogP contribution in [-0.4, -0.2) is 46.1 Å². The molecule has 146 valence electrons. The number of likely N-dealkylation sites (tertiary alicyclic amines) is 1. The van der Waals surface area contributed by atoms with Crippen LogP contribution < -0.4 is 5.32 Å². The van der Waals surface area contributed by atoms with Crippen LogP contribution >= 0.6 is 0 Å². The predicted molar refractivity (Wildman–Crippen MR) is 111 cm³/mol. The minimum atomic E-state index is -1.32. The van der Waals surface area contributed by atoms with Crippen molar-refractivity contribution >= 4 is 16.8 Å². The molecule has 1 aliphatic heterocycles. The van der Waals surface area contributed by atoms with Crippen molar-refractivity contribution in [3.63, 3.8) is 0 Å². The first kappa shape index (κ1) is 18.7. The number of aliphatic hydroxyl groups is 1. The fourth-order valence-electron chi connectivity index (χ4n) is 3.98. The third kappa shape index (κ3) is 4.11. The Morgan fingerprint density at radius 2 is 1.89 bits per heavy atom. The number of amides is 1. The number of hydrogen-bond acceptors (Lipinski definition) is 3. The van der Waals surface area contributed by atoms with E-state index in [9.17, 15) is 9.90 Å². The number of para-hydroxylation sites is 1. The van der Waals surface area contributed by atoms with Gasteiger partial charge in [0.15, 0.2) is 5.60 Å². The molecule has 3 N–H and O–H groups in total. The summed E-state index contributed by atoms with van der Waals surface area (Å²) in [5.41, 5.74) is 2.04. The standard InChI is InChI=1S/C23H27N3O2/c27-22-23(28,12-6-13-26(22)14-11-18-7-2-1-3-8-18)17-24-16-20-15-19-9-4-5-10-21(19)25-20/h1-5,7-10,15,24-25,28H,6,11-14,16-17H2/t23-/m0/s1. The molecule has 1 aliphatic rings. The van der Waals surface area contributed by atoms with Crippen LogP contribution in [0.1, 0.15) is 24.1 Å². The van der Waals surface area contributed by atoms with Gasteiger partial charge in [0.1, 0.15) is 0 Å². The van der Waals surface area contributed by atoms with Gasteiger partial charge in [-0.1, -0.05) is 48.5 Å². The molecule has 2 heterocycles. The minimum absolute atomic E-state index is 0.154. The Morgan fingerprint density at radius 1 is 1.11 bits per heavy atom. The first-order valence-corrected chi connectivity index (χ1v) is 9.97. The number of hydrogen-bond donors (Lipinski definition) is 3. The maximum absolute atomic E-state index is 12.9. The molecule has 0 unspecified atom stereocenters. The van der Waals surface area contributed by atoms with Gasteiger partial charge in [-0.05, 0) is 42.3 Å². The van der Waals surface area contributed by atoms with Gasteiger partial charge in [0.2, 0.25) is 0 Å². The highest BCUT2D eigenvalue weighted by Crippen LogP contribution is 2.23. The molecule has 3 aromatic rings. The summed E-state index contributed by atoms with van der Waals surface area (Å²) in [5, 5.41) is 15.4. The number of H-pyrrole nitrogens is 1. The normalized spacial score (nSPS) is 20.0. The van der Waals surface area contributed by atoms with Crippen molar-refractivity contribution in [3.8, 4) is 0 Å². The van der Waals surface area contributed by atoms with Gasteiger partial charge in [-0.15, -0.1) is 0 Å². The summed E-state index contributed by atoms with van der Waals surface area (Å²) >= 11 is 0. The zero-order valence-corrected chi connectivity index (χ0v) is 16.0. The molecule has 1 saturated heterocycles. The van der Waals surface area contributed by atoms with Crippen molar-refractivity contribution in [2.75, 3.05) is 19.6 Å². The summed E-state index contributed by atoms with van der Waals surface area (Å²) in [7, 11) is 0. The number of fused-ring (bicyclic) bond motifs is 1. The average Bonchev–Trinajstić information content (AvgIpc) is 3.13. The van der Waals surface area contributed by atoms with E-state index >= 15 is 0 Å². The van der Waals surface area contributed by atoms with Gasteiger partial charge in [-0.3, -0.25) is 4.79 Å². The summed E-state index contributed by atoms with van der Waals surface area (Å²) in [4.78, 5) is 18.1. The van der Waals surface area contributed by atoms with E-state index in [1.807, 2.05) is 36.4 Å². The van der Waals surface area contributed by atoms with Crippen LogP contribution in [0.5, 0.6) is 0 Å². The van der Waals surface area contributed by atoms with Crippen LogP contribution in [0.4, 0.5) is 0 Å². The van der Waals surface area contributed by atoms with Gasteiger partial charge in [0.25, 0.3) is 5.91 Å². The van der Waals surface area contributed by atoms with Crippen molar-refractivity contribution in [2.24, 2.45) is 0 Å². The molecule has 5 nitrogen and oxygen atoms in total. The van der Waals surface area contributed by atoms with Crippen molar-refractivity contribution in [3.05, 3.63) is 71.9 Å². The van der Waals surface area contributed by atoms with E-state index in [-0.39, 0.29) is 12.5 Å². The van der Waals surface area contributed by atoms with Gasteiger partial charge in [0.05, 0.1) is 0 Å². The summed E-state index contributed by atoms with van der Waals surface area (Å²) in [5.74, 6) is -0.154. The highest BCUT2D eigenvalue weighted by Gasteiger charge is 2.41. The summed E-state index contributed by atoms with van der Waals surface area (Å²) in [6.45, 7) is 2.22. The number of piperidine rings is 1. The zero-order valence-electron chi connectivity index (χ0n) is 16.0. The van der Waals surface area contributed by atoms with E-state index in [0.717, 1.165) is 30.6 Å². The largest absolute Gasteiger partial charge is 0.379 e. The number of aromatic nitrogens is 1. The zero-order chi connectivity index (χ0) is 19.4. The number of nitrogens with one attached hydrogen (secondary N) is 2. The van der Waals surface area contributed by atoms with E-state index in [2.05, 4.69) is 34.6 Å². The predicted octanol–water partition coefficient (Wildman–Crippen LogP) is 2.85. The smallest absolute Gasteiger partial charge is 0.255 e. The molecule has 1 fully saturated rings. The van der Waals surface area contributed by atoms with E-state index in [1.54, 1.807) is 4.90 Å². The molecule has 4 rings (SSSR count). The molecular weight excluding hydrogens is 350 g/mol. The fraction of sp³-hybridized carbons (Fsp3) is 0.348. The second-order valence-electron chi connectivity index (χ2n) is 7.65. The maximum Gasteiger partial charge on any atom is 0.255 e. The third-order valence-electron chi connectivity index (χ3n) is 5.54. The first-order chi connectivity index (χ1) is 13.6. The molecule has 0 saturated carbocycles. The van der Waals surface area contributed by atoms with E-state index < -0.39 is 5.60 Å². The van der Waals surface area contributed by atoms with Crippen LogP contribution in [0, 0.1) is 0 Å². The molecule has 28 heavy (non-hydrogen) atoms. The molecule has 1 atom stereocenters. The lowest BCUT2D eigenvalue weighted by Crippen LogP contribution is -2.58. The lowest BCUT2D eigenvalue weighted by molar-refractivity contribution is -0.156. The number of carbonyl (C=O) groups excluding carboxylic acids is 1. The number of benzene rings is 2. The summed E-state index contributed by atoms with van der Waals surface area (Å²) in [6.07, 6.45) is 2.14. The Balaban J connectivity index is 1.33.